The number of anilines is 1. The molecule has 1 aliphatic heterocycles. The Morgan fingerprint density at radius 2 is 1.94 bits per heavy atom. The van der Waals surface area contributed by atoms with E-state index in [2.05, 4.69) is 43.0 Å². The van der Waals surface area contributed by atoms with Crippen LogP contribution in [0.3, 0.4) is 0 Å². The second-order valence-electron chi connectivity index (χ2n) is 5.43. The van der Waals surface area contributed by atoms with Gasteiger partial charge in [0.25, 0.3) is 0 Å². The summed E-state index contributed by atoms with van der Waals surface area (Å²) in [4.78, 5) is 2.42. The quantitative estimate of drug-likeness (QED) is 0.723. The molecule has 0 unspecified atom stereocenters. The Labute approximate surface area is 110 Å². The predicted octanol–water partition coefficient (Wildman–Crippen LogP) is 2.45. The molecular formula is C15H23NO2. The minimum atomic E-state index is 0.239. The van der Waals surface area contributed by atoms with E-state index < -0.39 is 0 Å². The van der Waals surface area contributed by atoms with Crippen LogP contribution in [0.1, 0.15) is 19.4 Å². The van der Waals surface area contributed by atoms with Crippen LogP contribution < -0.4 is 4.90 Å². The van der Waals surface area contributed by atoms with Crippen LogP contribution in [0.25, 0.3) is 0 Å². The van der Waals surface area contributed by atoms with Gasteiger partial charge in [0.2, 0.25) is 0 Å². The van der Waals surface area contributed by atoms with Crippen LogP contribution >= 0.6 is 0 Å². The monoisotopic (exact) mass is 249 g/mol. The topological polar surface area (TPSA) is 21.7 Å². The van der Waals surface area contributed by atoms with Crippen LogP contribution in [0.15, 0.2) is 24.3 Å². The molecule has 0 N–H and O–H groups in total. The number of para-hydroxylation sites is 1. The predicted molar refractivity (Wildman–Crippen MR) is 74.4 cm³/mol. The molecule has 0 spiro atoms. The van der Waals surface area contributed by atoms with Crippen LogP contribution in [0.2, 0.25) is 0 Å². The van der Waals surface area contributed by atoms with Gasteiger partial charge in [-0.2, -0.15) is 0 Å². The summed E-state index contributed by atoms with van der Waals surface area (Å²) in [6.07, 6.45) is 0. The molecule has 0 saturated heterocycles. The fourth-order valence-corrected chi connectivity index (χ4v) is 2.59. The SMILES string of the molecule is COCCOCCN1CC(C)(C)c2ccccc21. The third-order valence-electron chi connectivity index (χ3n) is 3.50. The van der Waals surface area contributed by atoms with E-state index in [0.29, 0.717) is 13.2 Å². The van der Waals surface area contributed by atoms with Crippen molar-refractivity contribution in [3.05, 3.63) is 29.8 Å². The highest BCUT2D eigenvalue weighted by Crippen LogP contribution is 2.39. The van der Waals surface area contributed by atoms with Crippen molar-refractivity contribution >= 4 is 5.69 Å². The molecule has 0 bridgehead atoms. The Morgan fingerprint density at radius 1 is 1.17 bits per heavy atom. The minimum Gasteiger partial charge on any atom is -0.382 e. The Bertz CT molecular complexity index is 390. The smallest absolute Gasteiger partial charge is 0.0701 e. The molecule has 3 heteroatoms. The number of rotatable bonds is 6. The van der Waals surface area contributed by atoms with E-state index in [1.807, 2.05) is 0 Å². The summed E-state index contributed by atoms with van der Waals surface area (Å²) >= 11 is 0. The molecule has 0 atom stereocenters. The van der Waals surface area contributed by atoms with Gasteiger partial charge in [-0.05, 0) is 11.6 Å². The molecule has 0 fully saturated rings. The normalized spacial score (nSPS) is 16.9. The molecule has 0 aromatic heterocycles. The fraction of sp³-hybridized carbons (Fsp3) is 0.600. The number of nitrogens with zero attached hydrogens (tertiary/aromatic N) is 1. The first-order valence-corrected chi connectivity index (χ1v) is 6.56. The van der Waals surface area contributed by atoms with Crippen molar-refractivity contribution in [1.82, 2.24) is 0 Å². The van der Waals surface area contributed by atoms with Gasteiger partial charge < -0.3 is 14.4 Å². The number of methoxy groups -OCH3 is 1. The molecule has 0 amide bonds. The van der Waals surface area contributed by atoms with Crippen molar-refractivity contribution < 1.29 is 9.47 Å². The lowest BCUT2D eigenvalue weighted by Gasteiger charge is -2.22. The van der Waals surface area contributed by atoms with Crippen LogP contribution in [-0.2, 0) is 14.9 Å². The summed E-state index contributed by atoms with van der Waals surface area (Å²) in [5, 5.41) is 0. The van der Waals surface area contributed by atoms with Crippen molar-refractivity contribution in [2.45, 2.75) is 19.3 Å². The Balaban J connectivity index is 1.92. The summed E-state index contributed by atoms with van der Waals surface area (Å²) in [6, 6.07) is 8.68. The number of hydrogen-bond donors (Lipinski definition) is 0. The van der Waals surface area contributed by atoms with Gasteiger partial charge in [-0.25, -0.2) is 0 Å². The molecule has 1 heterocycles. The van der Waals surface area contributed by atoms with Gasteiger partial charge in [0.1, 0.15) is 0 Å². The Morgan fingerprint density at radius 3 is 2.72 bits per heavy atom. The molecule has 1 aromatic carbocycles. The molecule has 100 valence electrons. The average molecular weight is 249 g/mol. The number of hydrogen-bond acceptors (Lipinski definition) is 3. The maximum Gasteiger partial charge on any atom is 0.0701 e. The Hall–Kier alpha value is -1.06. The summed E-state index contributed by atoms with van der Waals surface area (Å²) < 4.78 is 10.5. The van der Waals surface area contributed by atoms with Crippen molar-refractivity contribution in [3.63, 3.8) is 0 Å². The van der Waals surface area contributed by atoms with Crippen LogP contribution in [0.4, 0.5) is 5.69 Å². The molecular weight excluding hydrogens is 226 g/mol. The van der Waals surface area contributed by atoms with Gasteiger partial charge in [0.15, 0.2) is 0 Å². The minimum absolute atomic E-state index is 0.239. The number of fused-ring (bicyclic) bond motifs is 1. The third kappa shape index (κ3) is 2.85. The van der Waals surface area contributed by atoms with Gasteiger partial charge >= 0.3 is 0 Å². The zero-order chi connectivity index (χ0) is 13.0. The average Bonchev–Trinajstić information content (AvgIpc) is 2.62. The second kappa shape index (κ2) is 5.72. The first-order chi connectivity index (χ1) is 8.65. The van der Waals surface area contributed by atoms with E-state index in [9.17, 15) is 0 Å². The molecule has 0 aliphatic carbocycles. The molecule has 1 aromatic rings. The van der Waals surface area contributed by atoms with E-state index in [1.54, 1.807) is 7.11 Å². The summed E-state index contributed by atoms with van der Waals surface area (Å²) in [6.45, 7) is 8.73. The Kier molecular flexibility index (Phi) is 4.25. The maximum atomic E-state index is 5.55. The zero-order valence-corrected chi connectivity index (χ0v) is 11.6. The summed E-state index contributed by atoms with van der Waals surface area (Å²) in [7, 11) is 1.70. The van der Waals surface area contributed by atoms with Gasteiger partial charge in [-0.3, -0.25) is 0 Å². The number of benzene rings is 1. The van der Waals surface area contributed by atoms with Gasteiger partial charge in [-0.15, -0.1) is 0 Å². The van der Waals surface area contributed by atoms with E-state index in [-0.39, 0.29) is 5.41 Å². The second-order valence-corrected chi connectivity index (χ2v) is 5.43. The highest BCUT2D eigenvalue weighted by atomic mass is 16.5. The van der Waals surface area contributed by atoms with Gasteiger partial charge in [-0.1, -0.05) is 32.0 Å². The summed E-state index contributed by atoms with van der Waals surface area (Å²) in [5.41, 5.74) is 3.04. The lowest BCUT2D eigenvalue weighted by Crippen LogP contribution is -2.31. The van der Waals surface area contributed by atoms with Crippen molar-refractivity contribution in [1.29, 1.82) is 0 Å². The van der Waals surface area contributed by atoms with Crippen LogP contribution in [0, 0.1) is 0 Å². The largest absolute Gasteiger partial charge is 0.382 e. The molecule has 2 rings (SSSR count). The molecule has 18 heavy (non-hydrogen) atoms. The highest BCUT2D eigenvalue weighted by molar-refractivity contribution is 5.62. The van der Waals surface area contributed by atoms with Gasteiger partial charge in [0, 0.05) is 31.3 Å². The zero-order valence-electron chi connectivity index (χ0n) is 11.6. The lowest BCUT2D eigenvalue weighted by molar-refractivity contribution is 0.0740. The van der Waals surface area contributed by atoms with Gasteiger partial charge in [0.05, 0.1) is 19.8 Å². The van der Waals surface area contributed by atoms with Crippen molar-refractivity contribution in [2.75, 3.05) is 44.9 Å². The lowest BCUT2D eigenvalue weighted by atomic mass is 9.87. The van der Waals surface area contributed by atoms with Crippen molar-refractivity contribution in [3.8, 4) is 0 Å². The van der Waals surface area contributed by atoms with Crippen LogP contribution in [-0.4, -0.2) is 40.0 Å². The standard InChI is InChI=1S/C15H23NO2/c1-15(2)12-16(8-9-18-11-10-17-3)14-7-5-4-6-13(14)15/h4-7H,8-12H2,1-3H3. The first-order valence-electron chi connectivity index (χ1n) is 6.56. The van der Waals surface area contributed by atoms with Crippen molar-refractivity contribution in [2.24, 2.45) is 0 Å². The van der Waals surface area contributed by atoms with E-state index >= 15 is 0 Å². The molecule has 3 nitrogen and oxygen atoms in total. The first kappa shape index (κ1) is 13.4. The van der Waals surface area contributed by atoms with Crippen LogP contribution in [0.5, 0.6) is 0 Å². The van der Waals surface area contributed by atoms with E-state index in [1.165, 1.54) is 11.3 Å². The van der Waals surface area contributed by atoms with E-state index in [4.69, 9.17) is 9.47 Å². The summed E-state index contributed by atoms with van der Waals surface area (Å²) in [5.74, 6) is 0. The fourth-order valence-electron chi connectivity index (χ4n) is 2.59. The highest BCUT2D eigenvalue weighted by Gasteiger charge is 2.34. The van der Waals surface area contributed by atoms with E-state index in [0.717, 1.165) is 19.7 Å². The number of ether oxygens (including phenoxy) is 2. The third-order valence-corrected chi connectivity index (χ3v) is 3.50. The molecule has 0 saturated carbocycles. The molecule has 1 aliphatic rings. The molecule has 0 radical (unpaired) electrons. The maximum absolute atomic E-state index is 5.55.